The number of benzene rings is 1. The standard InChI is InChI=1S/C12H24N2O12P4/c15-27(16,17)7-13(8-28(18,19)20)5-11-2-1-3-12(4-11)6-14(9-29(21,22)23)10-30(24,25)26/h1-4H,5-10H2,(H2,15,16,17)(H2,18,19,20)(H2,21,22,23)(H2,24,25,26). The van der Waals surface area contributed by atoms with Gasteiger partial charge in [0.15, 0.2) is 0 Å². The van der Waals surface area contributed by atoms with E-state index in [1.165, 1.54) is 24.3 Å². The average Bonchev–Trinajstić information content (AvgIpc) is 2.39. The minimum Gasteiger partial charge on any atom is -0.324 e. The van der Waals surface area contributed by atoms with E-state index in [9.17, 15) is 18.3 Å². The van der Waals surface area contributed by atoms with Crippen molar-refractivity contribution in [2.75, 3.05) is 25.1 Å². The van der Waals surface area contributed by atoms with Crippen molar-refractivity contribution in [2.45, 2.75) is 13.1 Å². The monoisotopic (exact) mass is 512 g/mol. The summed E-state index contributed by atoms with van der Waals surface area (Å²) in [6.45, 7) is -0.526. The normalized spacial score (nSPS) is 13.9. The van der Waals surface area contributed by atoms with Crippen LogP contribution in [0, 0.1) is 0 Å². The molecule has 18 heteroatoms. The van der Waals surface area contributed by atoms with Crippen LogP contribution >= 0.6 is 30.4 Å². The second kappa shape index (κ2) is 10.6. The Bertz CT molecular complexity index is 785. The van der Waals surface area contributed by atoms with Crippen molar-refractivity contribution < 1.29 is 57.4 Å². The highest BCUT2D eigenvalue weighted by atomic mass is 31.2. The Labute approximate surface area is 171 Å². The highest BCUT2D eigenvalue weighted by Gasteiger charge is 2.27. The molecule has 0 fully saturated rings. The third-order valence-electron chi connectivity index (χ3n) is 3.34. The fraction of sp³-hybridized carbons (Fsp3) is 0.500. The van der Waals surface area contributed by atoms with Gasteiger partial charge in [-0.25, -0.2) is 0 Å². The van der Waals surface area contributed by atoms with Crippen LogP contribution in [0.2, 0.25) is 0 Å². The van der Waals surface area contributed by atoms with E-state index in [-0.39, 0.29) is 13.1 Å². The molecule has 0 radical (unpaired) electrons. The molecule has 0 bridgehead atoms. The molecule has 0 aromatic heterocycles. The van der Waals surface area contributed by atoms with Gasteiger partial charge < -0.3 is 39.1 Å². The first-order chi connectivity index (χ1) is 13.3. The van der Waals surface area contributed by atoms with Crippen LogP contribution in [0.15, 0.2) is 24.3 Å². The van der Waals surface area contributed by atoms with Gasteiger partial charge in [0.05, 0.1) is 0 Å². The van der Waals surface area contributed by atoms with E-state index in [0.717, 1.165) is 9.80 Å². The molecule has 0 amide bonds. The van der Waals surface area contributed by atoms with Crippen LogP contribution in [-0.2, 0) is 31.3 Å². The summed E-state index contributed by atoms with van der Waals surface area (Å²) in [7, 11) is -18.5. The topological polar surface area (TPSA) is 237 Å². The molecule has 0 atom stereocenters. The van der Waals surface area contributed by atoms with Crippen LogP contribution < -0.4 is 0 Å². The fourth-order valence-electron chi connectivity index (χ4n) is 2.67. The first-order valence-electron chi connectivity index (χ1n) is 8.02. The van der Waals surface area contributed by atoms with Crippen molar-refractivity contribution in [3.8, 4) is 0 Å². The van der Waals surface area contributed by atoms with E-state index in [1.54, 1.807) is 0 Å². The molecule has 14 nitrogen and oxygen atoms in total. The van der Waals surface area contributed by atoms with Crippen molar-refractivity contribution >= 4 is 30.4 Å². The van der Waals surface area contributed by atoms with Crippen LogP contribution in [0.5, 0.6) is 0 Å². The molecule has 1 rings (SSSR count). The third kappa shape index (κ3) is 13.9. The summed E-state index contributed by atoms with van der Waals surface area (Å²) >= 11 is 0. The maximum atomic E-state index is 11.2. The Morgan fingerprint density at radius 2 is 0.833 bits per heavy atom. The van der Waals surface area contributed by atoms with Gasteiger partial charge in [-0.05, 0) is 11.1 Å². The molecule has 0 saturated carbocycles. The zero-order chi connectivity index (χ0) is 23.4. The van der Waals surface area contributed by atoms with Gasteiger partial charge in [0, 0.05) is 13.1 Å². The van der Waals surface area contributed by atoms with Gasteiger partial charge in [-0.2, -0.15) is 0 Å². The van der Waals surface area contributed by atoms with Crippen LogP contribution in [0.25, 0.3) is 0 Å². The molecule has 1 aromatic carbocycles. The summed E-state index contributed by atoms with van der Waals surface area (Å²) in [6, 6.07) is 5.89. The number of rotatable bonds is 12. The Kier molecular flexibility index (Phi) is 9.79. The minimum atomic E-state index is -4.63. The molecule has 0 aliphatic heterocycles. The van der Waals surface area contributed by atoms with E-state index in [0.29, 0.717) is 11.1 Å². The van der Waals surface area contributed by atoms with Gasteiger partial charge in [0.1, 0.15) is 25.1 Å². The van der Waals surface area contributed by atoms with Crippen LogP contribution in [0.1, 0.15) is 11.1 Å². The van der Waals surface area contributed by atoms with E-state index in [1.807, 2.05) is 0 Å². The van der Waals surface area contributed by atoms with Gasteiger partial charge in [-0.3, -0.25) is 28.1 Å². The summed E-state index contributed by atoms with van der Waals surface area (Å²) in [5.41, 5.74) is 0.725. The Morgan fingerprint density at radius 3 is 1.07 bits per heavy atom. The van der Waals surface area contributed by atoms with Gasteiger partial charge in [0.2, 0.25) is 0 Å². The molecule has 30 heavy (non-hydrogen) atoms. The molecule has 0 aliphatic carbocycles. The highest BCUT2D eigenvalue weighted by Crippen LogP contribution is 2.42. The molecule has 0 spiro atoms. The Hall–Kier alpha value is -0.260. The number of hydrogen-bond donors (Lipinski definition) is 8. The van der Waals surface area contributed by atoms with Crippen LogP contribution in [-0.4, -0.2) is 74.1 Å². The highest BCUT2D eigenvalue weighted by molar-refractivity contribution is 7.53. The molecular weight excluding hydrogens is 488 g/mol. The molecular formula is C12H24N2O12P4. The van der Waals surface area contributed by atoms with E-state index < -0.39 is 55.5 Å². The van der Waals surface area contributed by atoms with E-state index in [4.69, 9.17) is 39.1 Å². The second-order valence-electron chi connectivity index (χ2n) is 6.70. The average molecular weight is 512 g/mol. The summed E-state index contributed by atoms with van der Waals surface area (Å²) in [4.78, 5) is 74.6. The minimum absolute atomic E-state index is 0.263. The smallest absolute Gasteiger partial charge is 0.324 e. The predicted octanol–water partition coefficient (Wildman–Crippen LogP) is -0.169. The van der Waals surface area contributed by atoms with Gasteiger partial charge >= 0.3 is 30.4 Å². The molecule has 174 valence electrons. The maximum Gasteiger partial charge on any atom is 0.339 e. The maximum absolute atomic E-state index is 11.2. The summed E-state index contributed by atoms with van der Waals surface area (Å²) < 4.78 is 45.0. The summed E-state index contributed by atoms with van der Waals surface area (Å²) in [6.07, 6.45) is -3.65. The van der Waals surface area contributed by atoms with Gasteiger partial charge in [-0.15, -0.1) is 0 Å². The summed E-state index contributed by atoms with van der Waals surface area (Å²) in [5.74, 6) is 0. The largest absolute Gasteiger partial charge is 0.339 e. The fourth-order valence-corrected chi connectivity index (χ4v) is 5.87. The van der Waals surface area contributed by atoms with Crippen molar-refractivity contribution in [2.24, 2.45) is 0 Å². The second-order valence-corrected chi connectivity index (χ2v) is 13.2. The molecule has 0 aliphatic rings. The molecule has 8 N–H and O–H groups in total. The quantitative estimate of drug-likeness (QED) is 0.170. The lowest BCUT2D eigenvalue weighted by molar-refractivity contribution is 0.272. The lowest BCUT2D eigenvalue weighted by Gasteiger charge is -2.24. The van der Waals surface area contributed by atoms with E-state index in [2.05, 4.69) is 0 Å². The first kappa shape index (κ1) is 27.8. The molecule has 1 aromatic rings. The van der Waals surface area contributed by atoms with Crippen molar-refractivity contribution in [3.63, 3.8) is 0 Å². The zero-order valence-corrected chi connectivity index (χ0v) is 19.0. The number of nitrogens with zero attached hydrogens (tertiary/aromatic N) is 2. The van der Waals surface area contributed by atoms with Crippen molar-refractivity contribution in [3.05, 3.63) is 35.4 Å². The third-order valence-corrected chi connectivity index (χ3v) is 6.41. The summed E-state index contributed by atoms with van der Waals surface area (Å²) in [5, 5.41) is 0. The van der Waals surface area contributed by atoms with Gasteiger partial charge in [-0.1, -0.05) is 24.3 Å². The van der Waals surface area contributed by atoms with Crippen molar-refractivity contribution in [1.29, 1.82) is 0 Å². The molecule has 0 saturated heterocycles. The van der Waals surface area contributed by atoms with Crippen molar-refractivity contribution in [1.82, 2.24) is 9.80 Å². The lowest BCUT2D eigenvalue weighted by Crippen LogP contribution is -2.27. The molecule has 0 heterocycles. The number of hydrogen-bond acceptors (Lipinski definition) is 6. The van der Waals surface area contributed by atoms with Gasteiger partial charge in [0.25, 0.3) is 0 Å². The van der Waals surface area contributed by atoms with E-state index >= 15 is 0 Å². The molecule has 0 unspecified atom stereocenters. The van der Waals surface area contributed by atoms with Crippen LogP contribution in [0.3, 0.4) is 0 Å². The Balaban J connectivity index is 3.05. The zero-order valence-electron chi connectivity index (χ0n) is 15.4. The lowest BCUT2D eigenvalue weighted by atomic mass is 10.1. The van der Waals surface area contributed by atoms with Crippen LogP contribution in [0.4, 0.5) is 0 Å². The predicted molar refractivity (Wildman–Crippen MR) is 105 cm³/mol. The first-order valence-corrected chi connectivity index (χ1v) is 15.2. The SMILES string of the molecule is O=P(O)(O)CN(Cc1cccc(CN(CP(=O)(O)O)CP(=O)(O)O)c1)CP(=O)(O)O. The Morgan fingerprint density at radius 1 is 0.567 bits per heavy atom.